The highest BCUT2D eigenvalue weighted by atomic mass is 19.2. The molecule has 2 rings (SSSR count). The molecule has 24 heavy (non-hydrogen) atoms. The third-order valence-corrected chi connectivity index (χ3v) is 3.04. The van der Waals surface area contributed by atoms with E-state index >= 15 is 0 Å². The molecule has 0 saturated heterocycles. The van der Waals surface area contributed by atoms with Gasteiger partial charge >= 0.3 is 0 Å². The van der Waals surface area contributed by atoms with Crippen LogP contribution in [0.3, 0.4) is 0 Å². The van der Waals surface area contributed by atoms with Crippen LogP contribution >= 0.6 is 0 Å². The van der Waals surface area contributed by atoms with Gasteiger partial charge in [-0.25, -0.2) is 4.39 Å². The Hall–Kier alpha value is -2.71. The molecule has 0 radical (unpaired) electrons. The van der Waals surface area contributed by atoms with E-state index in [2.05, 4.69) is 15.6 Å². The van der Waals surface area contributed by atoms with Crippen LogP contribution in [-0.2, 0) is 0 Å². The number of benzene rings is 1. The van der Waals surface area contributed by atoms with Crippen molar-refractivity contribution in [1.82, 2.24) is 10.3 Å². The summed E-state index contributed by atoms with van der Waals surface area (Å²) in [5.41, 5.74) is -0.704. The molecule has 1 aromatic heterocycles. The van der Waals surface area contributed by atoms with E-state index in [1.54, 1.807) is 0 Å². The smallest absolute Gasteiger partial charge is 0.253 e. The predicted molar refractivity (Wildman–Crippen MR) is 75.9 cm³/mol. The molecule has 1 heterocycles. The number of carbonyl (C=O) groups excluding carboxylic acids is 1. The molecule has 128 valence electrons. The van der Waals surface area contributed by atoms with Crippen LogP contribution in [0.5, 0.6) is 0 Å². The van der Waals surface area contributed by atoms with Crippen LogP contribution in [0.1, 0.15) is 16.8 Å². The molecule has 0 fully saturated rings. The number of anilines is 1. The van der Waals surface area contributed by atoms with E-state index in [0.717, 1.165) is 12.1 Å². The van der Waals surface area contributed by atoms with Crippen LogP contribution < -0.4 is 10.6 Å². The highest BCUT2D eigenvalue weighted by Crippen LogP contribution is 2.21. The Balaban J connectivity index is 1.82. The van der Waals surface area contributed by atoms with Gasteiger partial charge in [0, 0.05) is 18.7 Å². The molecule has 0 bridgehead atoms. The highest BCUT2D eigenvalue weighted by molar-refractivity contribution is 5.94. The summed E-state index contributed by atoms with van der Waals surface area (Å²) in [7, 11) is 0. The van der Waals surface area contributed by atoms with Crippen LogP contribution in [0, 0.1) is 29.3 Å². The van der Waals surface area contributed by atoms with Crippen LogP contribution in [-0.4, -0.2) is 24.0 Å². The van der Waals surface area contributed by atoms with Crippen molar-refractivity contribution in [3.63, 3.8) is 0 Å². The zero-order chi connectivity index (χ0) is 17.7. The van der Waals surface area contributed by atoms with Crippen molar-refractivity contribution in [2.75, 3.05) is 18.4 Å². The first kappa shape index (κ1) is 17.6. The van der Waals surface area contributed by atoms with Gasteiger partial charge in [0.05, 0.1) is 0 Å². The molecule has 0 unspecified atom stereocenters. The fourth-order valence-corrected chi connectivity index (χ4v) is 1.85. The Kier molecular flexibility index (Phi) is 5.67. The van der Waals surface area contributed by atoms with Crippen molar-refractivity contribution in [2.24, 2.45) is 0 Å². The number of amides is 1. The Morgan fingerprint density at radius 2 is 1.50 bits per heavy atom. The summed E-state index contributed by atoms with van der Waals surface area (Å²) in [6.07, 6.45) is 0.220. The largest absolute Gasteiger partial charge is 0.380 e. The molecule has 2 N–H and O–H groups in total. The Morgan fingerprint density at radius 1 is 0.917 bits per heavy atom. The van der Waals surface area contributed by atoms with Gasteiger partial charge in [0.1, 0.15) is 11.5 Å². The normalized spacial score (nSPS) is 10.5. The van der Waals surface area contributed by atoms with Crippen LogP contribution in [0.4, 0.5) is 27.6 Å². The molecule has 0 spiro atoms. The maximum atomic E-state index is 13.3. The van der Waals surface area contributed by atoms with Gasteiger partial charge in [-0.2, -0.15) is 22.5 Å². The molecule has 0 aliphatic rings. The van der Waals surface area contributed by atoms with E-state index in [-0.39, 0.29) is 25.1 Å². The number of carbonyl (C=O) groups is 1. The topological polar surface area (TPSA) is 54.0 Å². The fourth-order valence-electron chi connectivity index (χ4n) is 1.85. The van der Waals surface area contributed by atoms with Gasteiger partial charge in [-0.1, -0.05) is 0 Å². The first-order chi connectivity index (χ1) is 11.4. The molecule has 2 aromatic rings. The minimum atomic E-state index is -1.75. The van der Waals surface area contributed by atoms with Gasteiger partial charge in [-0.05, 0) is 30.7 Å². The van der Waals surface area contributed by atoms with Gasteiger partial charge in [-0.15, -0.1) is 0 Å². The summed E-state index contributed by atoms with van der Waals surface area (Å²) in [6, 6.07) is 4.87. The monoisotopic (exact) mass is 345 g/mol. The number of hydrogen-bond donors (Lipinski definition) is 2. The van der Waals surface area contributed by atoms with Crippen molar-refractivity contribution in [3.8, 4) is 0 Å². The summed E-state index contributed by atoms with van der Waals surface area (Å²) >= 11 is 0. The second kappa shape index (κ2) is 7.71. The average Bonchev–Trinajstić information content (AvgIpc) is 2.56. The second-order valence-corrected chi connectivity index (χ2v) is 4.74. The maximum Gasteiger partial charge on any atom is 0.253 e. The number of hydrogen-bond acceptors (Lipinski definition) is 3. The number of halogens is 5. The van der Waals surface area contributed by atoms with Gasteiger partial charge in [-0.3, -0.25) is 4.79 Å². The van der Waals surface area contributed by atoms with E-state index in [0.29, 0.717) is 0 Å². The van der Waals surface area contributed by atoms with Crippen molar-refractivity contribution < 1.29 is 26.7 Å². The third-order valence-electron chi connectivity index (χ3n) is 3.04. The van der Waals surface area contributed by atoms with Crippen LogP contribution in [0.2, 0.25) is 0 Å². The minimum absolute atomic E-state index is 0.0551. The number of nitrogens with zero attached hydrogens (tertiary/aromatic N) is 1. The minimum Gasteiger partial charge on any atom is -0.380 e. The number of aromatic nitrogens is 1. The highest BCUT2D eigenvalue weighted by Gasteiger charge is 2.20. The zero-order valence-corrected chi connectivity index (χ0v) is 12.2. The summed E-state index contributed by atoms with van der Waals surface area (Å²) in [6.45, 7) is 0.0723. The molecular formula is C15H12F5N3O. The molecule has 0 atom stereocenters. The zero-order valence-electron chi connectivity index (χ0n) is 12.2. The van der Waals surface area contributed by atoms with Crippen LogP contribution in [0.25, 0.3) is 0 Å². The quantitative estimate of drug-likeness (QED) is 0.481. The predicted octanol–water partition coefficient (Wildman–Crippen LogP) is 3.01. The molecule has 0 aliphatic heterocycles. The first-order valence-electron chi connectivity index (χ1n) is 6.87. The molecule has 4 nitrogen and oxygen atoms in total. The number of pyridine rings is 1. The van der Waals surface area contributed by atoms with E-state index in [1.165, 1.54) is 12.1 Å². The van der Waals surface area contributed by atoms with Crippen LogP contribution in [0.15, 0.2) is 24.3 Å². The summed E-state index contributed by atoms with van der Waals surface area (Å²) in [5.74, 6) is -7.67. The average molecular weight is 345 g/mol. The molecule has 0 saturated carbocycles. The fraction of sp³-hybridized carbons (Fsp3) is 0.200. The Morgan fingerprint density at radius 3 is 2.08 bits per heavy atom. The van der Waals surface area contributed by atoms with Crippen molar-refractivity contribution in [1.29, 1.82) is 0 Å². The maximum absolute atomic E-state index is 13.3. The SMILES string of the molecule is O=C(NCCCNc1c(F)c(F)nc(F)c1F)c1ccc(F)cc1. The molecule has 1 amide bonds. The lowest BCUT2D eigenvalue weighted by atomic mass is 10.2. The van der Waals surface area contributed by atoms with Gasteiger partial charge in [0.25, 0.3) is 17.8 Å². The lowest BCUT2D eigenvalue weighted by molar-refractivity contribution is 0.0953. The summed E-state index contributed by atoms with van der Waals surface area (Å²) in [5, 5.41) is 4.72. The van der Waals surface area contributed by atoms with Crippen molar-refractivity contribution in [2.45, 2.75) is 6.42 Å². The molecule has 1 aromatic carbocycles. The van der Waals surface area contributed by atoms with E-state index in [9.17, 15) is 26.7 Å². The van der Waals surface area contributed by atoms with Gasteiger partial charge in [0.2, 0.25) is 11.6 Å². The van der Waals surface area contributed by atoms with E-state index in [4.69, 9.17) is 0 Å². The molecule has 0 aliphatic carbocycles. The summed E-state index contributed by atoms with van der Waals surface area (Å²) < 4.78 is 65.2. The Bertz CT molecular complexity index is 711. The standard InChI is InChI=1S/C15H12F5N3O/c16-9-4-2-8(3-5-9)15(24)22-7-1-6-21-12-10(17)13(19)23-14(20)11(12)18/h2-5H,1,6-7H2,(H,21,23)(H,22,24). The Labute approximate surface area is 133 Å². The van der Waals surface area contributed by atoms with E-state index in [1.807, 2.05) is 0 Å². The number of rotatable bonds is 6. The van der Waals surface area contributed by atoms with E-state index < -0.39 is 40.9 Å². The lowest BCUT2D eigenvalue weighted by Gasteiger charge is -2.10. The first-order valence-corrected chi connectivity index (χ1v) is 6.87. The third kappa shape index (κ3) is 4.18. The second-order valence-electron chi connectivity index (χ2n) is 4.74. The van der Waals surface area contributed by atoms with Gasteiger partial charge in [0.15, 0.2) is 0 Å². The number of nitrogens with one attached hydrogen (secondary N) is 2. The van der Waals surface area contributed by atoms with Crippen molar-refractivity contribution >= 4 is 11.6 Å². The summed E-state index contributed by atoms with van der Waals surface area (Å²) in [4.78, 5) is 14.1. The lowest BCUT2D eigenvalue weighted by Crippen LogP contribution is -2.26. The van der Waals surface area contributed by atoms with Crippen molar-refractivity contribution in [3.05, 3.63) is 59.2 Å². The molecular weight excluding hydrogens is 333 g/mol. The molecule has 9 heteroatoms. The van der Waals surface area contributed by atoms with Gasteiger partial charge < -0.3 is 10.6 Å².